The molecule has 1 aromatic carbocycles. The lowest BCUT2D eigenvalue weighted by Gasteiger charge is -2.07. The molecule has 1 amide bonds. The quantitative estimate of drug-likeness (QED) is 0.676. The van der Waals surface area contributed by atoms with E-state index in [2.05, 4.69) is 15.3 Å². The van der Waals surface area contributed by atoms with Gasteiger partial charge in [-0.05, 0) is 30.3 Å². The predicted molar refractivity (Wildman–Crippen MR) is 97.2 cm³/mol. The molecule has 6 nitrogen and oxygen atoms in total. The van der Waals surface area contributed by atoms with E-state index in [1.165, 1.54) is 11.3 Å². The minimum Gasteiger partial charge on any atom is -0.323 e. The first kappa shape index (κ1) is 18.2. The van der Waals surface area contributed by atoms with Gasteiger partial charge in [0, 0.05) is 29.6 Å². The second-order valence-electron chi connectivity index (χ2n) is 5.52. The lowest BCUT2D eigenvalue weighted by molar-refractivity contribution is -0.115. The molecule has 2 aromatic heterocycles. The number of rotatable bonds is 5. The molecule has 3 rings (SSSR count). The summed E-state index contributed by atoms with van der Waals surface area (Å²) in [7, 11) is -3.50. The monoisotopic (exact) mass is 391 g/mol. The smallest absolute Gasteiger partial charge is 0.230 e. The van der Waals surface area contributed by atoms with Gasteiger partial charge in [0.2, 0.25) is 5.91 Å². The molecule has 0 aliphatic rings. The molecule has 0 fully saturated rings. The first-order valence-electron chi connectivity index (χ1n) is 7.47. The van der Waals surface area contributed by atoms with Crippen LogP contribution in [0, 0.1) is 5.82 Å². The average Bonchev–Trinajstić information content (AvgIpc) is 3.05. The van der Waals surface area contributed by atoms with E-state index in [0.29, 0.717) is 5.69 Å². The van der Waals surface area contributed by atoms with Crippen LogP contribution in [0.15, 0.2) is 53.0 Å². The number of amides is 1. The van der Waals surface area contributed by atoms with Crippen molar-refractivity contribution in [1.82, 2.24) is 9.97 Å². The van der Waals surface area contributed by atoms with Gasteiger partial charge in [0.05, 0.1) is 22.7 Å². The van der Waals surface area contributed by atoms with Crippen molar-refractivity contribution >= 4 is 32.8 Å². The second-order valence-corrected chi connectivity index (χ2v) is 8.40. The number of sulfone groups is 1. The molecule has 0 saturated heterocycles. The first-order chi connectivity index (χ1) is 12.3. The zero-order valence-corrected chi connectivity index (χ0v) is 15.3. The highest BCUT2D eigenvalue weighted by Gasteiger charge is 2.14. The minimum absolute atomic E-state index is 0.0562. The molecule has 2 heterocycles. The Balaban J connectivity index is 1.73. The summed E-state index contributed by atoms with van der Waals surface area (Å²) >= 11 is 1.38. The molecule has 0 bridgehead atoms. The van der Waals surface area contributed by atoms with Crippen LogP contribution in [-0.2, 0) is 21.1 Å². The highest BCUT2D eigenvalue weighted by Crippen LogP contribution is 2.23. The van der Waals surface area contributed by atoms with E-state index in [4.69, 9.17) is 0 Å². The van der Waals surface area contributed by atoms with Crippen LogP contribution in [0.1, 0.15) is 5.69 Å². The molecule has 0 aliphatic carbocycles. The Morgan fingerprint density at radius 2 is 2.12 bits per heavy atom. The molecule has 9 heteroatoms. The van der Waals surface area contributed by atoms with Gasteiger partial charge in [-0.1, -0.05) is 0 Å². The summed E-state index contributed by atoms with van der Waals surface area (Å²) in [6.07, 6.45) is 4.29. The Labute approximate surface area is 153 Å². The number of aromatic nitrogens is 2. The number of halogens is 1. The molecule has 3 aromatic rings. The average molecular weight is 391 g/mol. The van der Waals surface area contributed by atoms with Gasteiger partial charge in [0.15, 0.2) is 9.84 Å². The summed E-state index contributed by atoms with van der Waals surface area (Å²) in [6.45, 7) is 0. The number of carbonyl (C=O) groups is 1. The Morgan fingerprint density at radius 1 is 1.31 bits per heavy atom. The molecule has 0 unspecified atom stereocenters. The number of hydrogen-bond acceptors (Lipinski definition) is 6. The zero-order valence-electron chi connectivity index (χ0n) is 13.6. The van der Waals surface area contributed by atoms with Crippen molar-refractivity contribution < 1.29 is 17.6 Å². The molecule has 0 radical (unpaired) electrons. The van der Waals surface area contributed by atoms with E-state index in [9.17, 15) is 17.6 Å². The Kier molecular flexibility index (Phi) is 5.10. The van der Waals surface area contributed by atoms with Gasteiger partial charge in [-0.2, -0.15) is 0 Å². The lowest BCUT2D eigenvalue weighted by atomic mass is 10.2. The number of hydrogen-bond donors (Lipinski definition) is 1. The van der Waals surface area contributed by atoms with Gasteiger partial charge in [-0.3, -0.25) is 9.78 Å². The summed E-state index contributed by atoms with van der Waals surface area (Å²) in [6, 6.07) is 6.92. The van der Waals surface area contributed by atoms with Crippen LogP contribution in [-0.4, -0.2) is 30.5 Å². The topological polar surface area (TPSA) is 89.0 Å². The molecule has 0 atom stereocenters. The molecule has 26 heavy (non-hydrogen) atoms. The van der Waals surface area contributed by atoms with Crippen molar-refractivity contribution in [3.63, 3.8) is 0 Å². The maximum atomic E-state index is 13.9. The Morgan fingerprint density at radius 3 is 2.81 bits per heavy atom. The fourth-order valence-corrected chi connectivity index (χ4v) is 3.66. The number of nitrogens with one attached hydrogen (secondary N) is 1. The third-order valence-electron chi connectivity index (χ3n) is 3.44. The van der Waals surface area contributed by atoms with E-state index in [-0.39, 0.29) is 17.0 Å². The van der Waals surface area contributed by atoms with Gasteiger partial charge >= 0.3 is 0 Å². The number of pyridine rings is 1. The molecule has 0 saturated carbocycles. The highest BCUT2D eigenvalue weighted by atomic mass is 32.2. The standard InChI is InChI=1S/C17H14FN3O3S2/c1-26(23,24)13-4-5-14(18)15(8-13)21-16(22)7-12-10-25-17(20-12)11-3-2-6-19-9-11/h2-6,8-10H,7H2,1H3,(H,21,22). The van der Waals surface area contributed by atoms with Crippen LogP contribution in [0.2, 0.25) is 0 Å². The summed E-state index contributed by atoms with van der Waals surface area (Å²) in [5, 5.41) is 4.86. The maximum absolute atomic E-state index is 13.9. The van der Waals surface area contributed by atoms with Crippen molar-refractivity contribution in [3.8, 4) is 10.6 Å². The van der Waals surface area contributed by atoms with Gasteiger partial charge in [-0.15, -0.1) is 11.3 Å². The minimum atomic E-state index is -3.50. The molecular formula is C17H14FN3O3S2. The van der Waals surface area contributed by atoms with Gasteiger partial charge in [-0.25, -0.2) is 17.8 Å². The van der Waals surface area contributed by atoms with Gasteiger partial charge in [0.25, 0.3) is 0 Å². The number of carbonyl (C=O) groups excluding carboxylic acids is 1. The summed E-state index contributed by atoms with van der Waals surface area (Å²) in [4.78, 5) is 20.5. The van der Waals surface area contributed by atoms with Crippen molar-refractivity contribution in [2.45, 2.75) is 11.3 Å². The number of thiazole rings is 1. The Bertz CT molecular complexity index is 1050. The maximum Gasteiger partial charge on any atom is 0.230 e. The lowest BCUT2D eigenvalue weighted by Crippen LogP contribution is -2.16. The van der Waals surface area contributed by atoms with Crippen LogP contribution in [0.4, 0.5) is 10.1 Å². The summed E-state index contributed by atoms with van der Waals surface area (Å²) in [5.74, 6) is -1.20. The normalized spacial score (nSPS) is 11.3. The molecule has 1 N–H and O–H groups in total. The van der Waals surface area contributed by atoms with Crippen LogP contribution in [0.3, 0.4) is 0 Å². The summed E-state index contributed by atoms with van der Waals surface area (Å²) in [5.41, 5.74) is 1.20. The third kappa shape index (κ3) is 4.30. The van der Waals surface area contributed by atoms with Crippen molar-refractivity contribution in [1.29, 1.82) is 0 Å². The van der Waals surface area contributed by atoms with Crippen molar-refractivity contribution in [2.75, 3.05) is 11.6 Å². The Hall–Kier alpha value is -2.65. The second kappa shape index (κ2) is 7.30. The van der Waals surface area contributed by atoms with Crippen LogP contribution in [0.25, 0.3) is 10.6 Å². The van der Waals surface area contributed by atoms with Crippen molar-refractivity contribution in [3.05, 3.63) is 59.6 Å². The van der Waals surface area contributed by atoms with E-state index in [1.54, 1.807) is 23.8 Å². The molecule has 0 aliphatic heterocycles. The number of benzene rings is 1. The number of anilines is 1. The van der Waals surface area contributed by atoms with E-state index >= 15 is 0 Å². The predicted octanol–water partition coefficient (Wildman–Crippen LogP) is 2.93. The zero-order chi connectivity index (χ0) is 18.7. The third-order valence-corrected chi connectivity index (χ3v) is 5.49. The van der Waals surface area contributed by atoms with Crippen LogP contribution >= 0.6 is 11.3 Å². The molecular weight excluding hydrogens is 377 g/mol. The number of nitrogens with zero attached hydrogens (tertiary/aromatic N) is 2. The van der Waals surface area contributed by atoms with E-state index in [1.807, 2.05) is 6.07 Å². The van der Waals surface area contributed by atoms with Gasteiger partial charge < -0.3 is 5.32 Å². The van der Waals surface area contributed by atoms with Crippen LogP contribution < -0.4 is 5.32 Å². The van der Waals surface area contributed by atoms with Crippen LogP contribution in [0.5, 0.6) is 0 Å². The molecule has 0 spiro atoms. The largest absolute Gasteiger partial charge is 0.323 e. The van der Waals surface area contributed by atoms with Crippen molar-refractivity contribution in [2.24, 2.45) is 0 Å². The molecule has 134 valence electrons. The highest BCUT2D eigenvalue weighted by molar-refractivity contribution is 7.90. The van der Waals surface area contributed by atoms with E-state index < -0.39 is 21.6 Å². The fraction of sp³-hybridized carbons (Fsp3) is 0.118. The van der Waals surface area contributed by atoms with Gasteiger partial charge in [0.1, 0.15) is 10.8 Å². The summed E-state index contributed by atoms with van der Waals surface area (Å²) < 4.78 is 37.0. The first-order valence-corrected chi connectivity index (χ1v) is 10.2. The fourth-order valence-electron chi connectivity index (χ4n) is 2.20. The SMILES string of the molecule is CS(=O)(=O)c1ccc(F)c(NC(=O)Cc2csc(-c3cccnc3)n2)c1. The van der Waals surface area contributed by atoms with E-state index in [0.717, 1.165) is 35.0 Å².